The van der Waals surface area contributed by atoms with Crippen LogP contribution in [0.3, 0.4) is 0 Å². The van der Waals surface area contributed by atoms with Crippen LogP contribution in [-0.2, 0) is 24.3 Å². The second-order valence-corrected chi connectivity index (χ2v) is 5.45. The van der Waals surface area contributed by atoms with Gasteiger partial charge in [-0.1, -0.05) is 24.3 Å². The Bertz CT molecular complexity index is 610. The number of carbonyl (C=O) groups is 1. The molecule has 21 heavy (non-hydrogen) atoms. The first-order valence-corrected chi connectivity index (χ1v) is 7.23. The fraction of sp³-hybridized carbons (Fsp3) is 0.375. The number of nitrogens with zero attached hydrogens (tertiary/aromatic N) is 3. The number of carboxylic acid groups (broad SMARTS) is 1. The molecule has 1 aliphatic heterocycles. The lowest BCUT2D eigenvalue weighted by Crippen LogP contribution is -2.46. The van der Waals surface area contributed by atoms with Gasteiger partial charge in [0.1, 0.15) is 6.04 Å². The molecular formula is C16H19N3O2. The monoisotopic (exact) mass is 285 g/mol. The Labute approximate surface area is 123 Å². The van der Waals surface area contributed by atoms with Gasteiger partial charge < -0.3 is 9.67 Å². The summed E-state index contributed by atoms with van der Waals surface area (Å²) in [6, 6.07) is 7.71. The number of aromatic nitrogens is 2. The van der Waals surface area contributed by atoms with Crippen LogP contribution >= 0.6 is 0 Å². The van der Waals surface area contributed by atoms with Crippen LogP contribution in [0.2, 0.25) is 0 Å². The summed E-state index contributed by atoms with van der Waals surface area (Å²) >= 11 is 0. The van der Waals surface area contributed by atoms with Crippen molar-refractivity contribution < 1.29 is 9.90 Å². The van der Waals surface area contributed by atoms with Gasteiger partial charge in [0.25, 0.3) is 0 Å². The number of hydrogen-bond donors (Lipinski definition) is 1. The first-order chi connectivity index (χ1) is 10.2. The quantitative estimate of drug-likeness (QED) is 0.910. The summed E-state index contributed by atoms with van der Waals surface area (Å²) in [7, 11) is 0. The molecule has 5 heteroatoms. The molecule has 1 aromatic heterocycles. The first kappa shape index (κ1) is 13.8. The first-order valence-electron chi connectivity index (χ1n) is 7.23. The highest BCUT2D eigenvalue weighted by atomic mass is 16.4. The predicted octanol–water partition coefficient (Wildman–Crippen LogP) is 1.78. The van der Waals surface area contributed by atoms with Gasteiger partial charge in [-0.25, -0.2) is 4.98 Å². The van der Waals surface area contributed by atoms with E-state index in [-0.39, 0.29) is 0 Å². The van der Waals surface area contributed by atoms with Crippen LogP contribution in [-0.4, -0.2) is 38.1 Å². The average Bonchev–Trinajstić information content (AvgIpc) is 2.99. The van der Waals surface area contributed by atoms with E-state index in [1.165, 1.54) is 5.56 Å². The maximum atomic E-state index is 11.5. The Morgan fingerprint density at radius 3 is 2.81 bits per heavy atom. The van der Waals surface area contributed by atoms with Crippen LogP contribution in [0, 0.1) is 0 Å². The molecule has 1 aliphatic rings. The maximum Gasteiger partial charge on any atom is 0.321 e. The van der Waals surface area contributed by atoms with Crippen molar-refractivity contribution in [2.45, 2.75) is 32.0 Å². The maximum absolute atomic E-state index is 11.5. The molecule has 0 radical (unpaired) electrons. The molecule has 5 nitrogen and oxygen atoms in total. The van der Waals surface area contributed by atoms with Crippen LogP contribution in [0.1, 0.15) is 17.5 Å². The molecule has 0 aliphatic carbocycles. The number of carboxylic acids is 1. The Morgan fingerprint density at radius 2 is 2.10 bits per heavy atom. The van der Waals surface area contributed by atoms with Crippen molar-refractivity contribution in [3.8, 4) is 0 Å². The molecule has 0 saturated carbocycles. The number of benzene rings is 1. The number of aliphatic carboxylic acids is 1. The Balaban J connectivity index is 1.66. The SMILES string of the molecule is O=C(O)[C@@H]1Cc2ccccc2CN1CCCn1ccnc1. The third-order valence-corrected chi connectivity index (χ3v) is 4.05. The van der Waals surface area contributed by atoms with Gasteiger partial charge in [-0.05, 0) is 24.0 Å². The average molecular weight is 285 g/mol. The molecule has 0 spiro atoms. The number of imidazole rings is 1. The Hall–Kier alpha value is -2.14. The van der Waals surface area contributed by atoms with Crippen LogP contribution < -0.4 is 0 Å². The van der Waals surface area contributed by atoms with Crippen molar-refractivity contribution in [1.82, 2.24) is 14.5 Å². The molecule has 0 amide bonds. The summed E-state index contributed by atoms with van der Waals surface area (Å²) in [5.74, 6) is -0.730. The van der Waals surface area contributed by atoms with Crippen LogP contribution in [0.5, 0.6) is 0 Å². The molecule has 3 rings (SSSR count). The minimum atomic E-state index is -0.730. The van der Waals surface area contributed by atoms with E-state index in [1.807, 2.05) is 29.0 Å². The zero-order valence-electron chi connectivity index (χ0n) is 11.9. The van der Waals surface area contributed by atoms with E-state index in [0.717, 1.165) is 31.6 Å². The summed E-state index contributed by atoms with van der Waals surface area (Å²) in [6.45, 7) is 2.37. The van der Waals surface area contributed by atoms with Crippen LogP contribution in [0.25, 0.3) is 0 Å². The summed E-state index contributed by atoms with van der Waals surface area (Å²) in [4.78, 5) is 17.6. The number of hydrogen-bond acceptors (Lipinski definition) is 3. The van der Waals surface area contributed by atoms with Crippen molar-refractivity contribution in [1.29, 1.82) is 0 Å². The second-order valence-electron chi connectivity index (χ2n) is 5.45. The minimum Gasteiger partial charge on any atom is -0.480 e. The molecule has 1 N–H and O–H groups in total. The standard InChI is InChI=1S/C16H19N3O2/c20-16(21)15-10-13-4-1-2-5-14(13)11-19(15)8-3-7-18-9-6-17-12-18/h1-2,4-6,9,12,15H,3,7-8,10-11H2,(H,20,21)/t15-/m0/s1. The van der Waals surface area contributed by atoms with E-state index >= 15 is 0 Å². The summed E-state index contributed by atoms with van der Waals surface area (Å²) in [5.41, 5.74) is 2.41. The van der Waals surface area contributed by atoms with Gasteiger partial charge in [0, 0.05) is 32.0 Å². The third-order valence-electron chi connectivity index (χ3n) is 4.05. The lowest BCUT2D eigenvalue weighted by Gasteiger charge is -2.34. The van der Waals surface area contributed by atoms with E-state index in [9.17, 15) is 9.90 Å². The van der Waals surface area contributed by atoms with Crippen molar-refractivity contribution >= 4 is 5.97 Å². The van der Waals surface area contributed by atoms with Gasteiger partial charge >= 0.3 is 5.97 Å². The van der Waals surface area contributed by atoms with Crippen molar-refractivity contribution in [2.24, 2.45) is 0 Å². The highest BCUT2D eigenvalue weighted by molar-refractivity contribution is 5.74. The highest BCUT2D eigenvalue weighted by Crippen LogP contribution is 2.23. The van der Waals surface area contributed by atoms with Gasteiger partial charge in [-0.15, -0.1) is 0 Å². The fourth-order valence-corrected chi connectivity index (χ4v) is 2.93. The minimum absolute atomic E-state index is 0.414. The molecule has 0 unspecified atom stereocenters. The van der Waals surface area contributed by atoms with E-state index in [2.05, 4.69) is 16.0 Å². The lowest BCUT2D eigenvalue weighted by molar-refractivity contribution is -0.144. The zero-order chi connectivity index (χ0) is 14.7. The van der Waals surface area contributed by atoms with E-state index in [4.69, 9.17) is 0 Å². The largest absolute Gasteiger partial charge is 0.480 e. The Kier molecular flexibility index (Phi) is 4.01. The number of rotatable bonds is 5. The van der Waals surface area contributed by atoms with E-state index in [0.29, 0.717) is 6.42 Å². The summed E-state index contributed by atoms with van der Waals surface area (Å²) < 4.78 is 2.02. The predicted molar refractivity (Wildman–Crippen MR) is 78.8 cm³/mol. The topological polar surface area (TPSA) is 58.4 Å². The van der Waals surface area contributed by atoms with Gasteiger partial charge in [0.2, 0.25) is 0 Å². The fourth-order valence-electron chi connectivity index (χ4n) is 2.93. The van der Waals surface area contributed by atoms with Gasteiger partial charge in [0.15, 0.2) is 0 Å². The molecule has 2 aromatic rings. The summed E-state index contributed by atoms with van der Waals surface area (Å²) in [6.07, 6.45) is 7.00. The van der Waals surface area contributed by atoms with E-state index in [1.54, 1.807) is 12.5 Å². The third kappa shape index (κ3) is 3.13. The number of aryl methyl sites for hydroxylation is 1. The summed E-state index contributed by atoms with van der Waals surface area (Å²) in [5, 5.41) is 9.46. The van der Waals surface area contributed by atoms with Gasteiger partial charge in [-0.3, -0.25) is 9.69 Å². The smallest absolute Gasteiger partial charge is 0.321 e. The normalized spacial score (nSPS) is 18.4. The molecule has 110 valence electrons. The van der Waals surface area contributed by atoms with E-state index < -0.39 is 12.0 Å². The molecule has 0 fully saturated rings. The van der Waals surface area contributed by atoms with Crippen molar-refractivity contribution in [3.63, 3.8) is 0 Å². The molecule has 0 saturated heterocycles. The van der Waals surface area contributed by atoms with Crippen molar-refractivity contribution in [2.75, 3.05) is 6.54 Å². The molecule has 0 bridgehead atoms. The van der Waals surface area contributed by atoms with Crippen LogP contribution in [0.4, 0.5) is 0 Å². The number of fused-ring (bicyclic) bond motifs is 1. The van der Waals surface area contributed by atoms with Crippen molar-refractivity contribution in [3.05, 3.63) is 54.1 Å². The second kappa shape index (κ2) is 6.10. The lowest BCUT2D eigenvalue weighted by atomic mass is 9.94. The Morgan fingerprint density at radius 1 is 1.29 bits per heavy atom. The zero-order valence-corrected chi connectivity index (χ0v) is 11.9. The molecule has 2 heterocycles. The van der Waals surface area contributed by atoms with Crippen LogP contribution in [0.15, 0.2) is 43.0 Å². The molecule has 1 aromatic carbocycles. The molecular weight excluding hydrogens is 266 g/mol. The van der Waals surface area contributed by atoms with Gasteiger partial charge in [-0.2, -0.15) is 0 Å². The highest BCUT2D eigenvalue weighted by Gasteiger charge is 2.30. The molecule has 1 atom stereocenters. The van der Waals surface area contributed by atoms with Gasteiger partial charge in [0.05, 0.1) is 6.33 Å².